The van der Waals surface area contributed by atoms with E-state index in [1.54, 1.807) is 6.08 Å². The number of urea groups is 1. The van der Waals surface area contributed by atoms with Gasteiger partial charge in [0.15, 0.2) is 0 Å². The van der Waals surface area contributed by atoms with E-state index in [-0.39, 0.29) is 52.7 Å². The zero-order chi connectivity index (χ0) is 23.4. The van der Waals surface area contributed by atoms with E-state index in [1.165, 1.54) is 4.90 Å². The summed E-state index contributed by atoms with van der Waals surface area (Å²) >= 11 is 0. The van der Waals surface area contributed by atoms with Crippen molar-refractivity contribution in [3.63, 3.8) is 0 Å². The van der Waals surface area contributed by atoms with Gasteiger partial charge in [-0.15, -0.1) is 0 Å². The normalized spacial score (nSPS) is 40.4. The summed E-state index contributed by atoms with van der Waals surface area (Å²) in [6.45, 7) is 12.3. The van der Waals surface area contributed by atoms with Crippen LogP contribution < -0.4 is 10.6 Å². The fourth-order valence-electron chi connectivity index (χ4n) is 7.81. The molecule has 0 aromatic rings. The lowest BCUT2D eigenvalue weighted by Gasteiger charge is -2.58. The van der Waals surface area contributed by atoms with Crippen LogP contribution in [0.4, 0.5) is 4.79 Å². The van der Waals surface area contributed by atoms with Gasteiger partial charge < -0.3 is 10.6 Å². The molecular weight excluding hydrogens is 402 g/mol. The Morgan fingerprint density at radius 2 is 1.78 bits per heavy atom. The molecule has 0 aromatic heterocycles. The maximum atomic E-state index is 13.8. The number of nitrogens with one attached hydrogen (secondary N) is 2. The summed E-state index contributed by atoms with van der Waals surface area (Å²) in [6, 6.07) is -0.207. The number of imide groups is 1. The van der Waals surface area contributed by atoms with Crippen LogP contribution in [-0.2, 0) is 9.59 Å². The maximum absolute atomic E-state index is 13.8. The SMILES string of the molecule is CC(C)NC(=O)N(C(=O)[C@H]1CCC2C3CCC4NC(=O)C=C[C@]4(C)C3CC[C@@]21C)C(C)C. The molecule has 1 heterocycles. The second kappa shape index (κ2) is 8.18. The van der Waals surface area contributed by atoms with Crippen molar-refractivity contribution in [1.82, 2.24) is 15.5 Å². The summed E-state index contributed by atoms with van der Waals surface area (Å²) < 4.78 is 0. The molecule has 3 fully saturated rings. The fourth-order valence-corrected chi connectivity index (χ4v) is 7.81. The highest BCUT2D eigenvalue weighted by molar-refractivity contribution is 5.96. The van der Waals surface area contributed by atoms with Crippen LogP contribution in [0.1, 0.15) is 80.1 Å². The van der Waals surface area contributed by atoms with Crippen molar-refractivity contribution in [2.75, 3.05) is 0 Å². The molecule has 3 saturated carbocycles. The zero-order valence-corrected chi connectivity index (χ0v) is 20.6. The molecule has 4 amide bonds. The average Bonchev–Trinajstić information content (AvgIpc) is 3.05. The summed E-state index contributed by atoms with van der Waals surface area (Å²) in [5.74, 6) is 1.56. The molecular formula is C26H41N3O3. The van der Waals surface area contributed by atoms with Gasteiger partial charge in [-0.1, -0.05) is 19.9 Å². The third-order valence-electron chi connectivity index (χ3n) is 9.37. The van der Waals surface area contributed by atoms with Gasteiger partial charge in [-0.3, -0.25) is 14.5 Å². The molecule has 3 aliphatic carbocycles. The number of hydrogen-bond acceptors (Lipinski definition) is 3. The number of nitrogens with zero attached hydrogens (tertiary/aromatic N) is 1. The van der Waals surface area contributed by atoms with Crippen LogP contribution in [0.25, 0.3) is 0 Å². The van der Waals surface area contributed by atoms with Crippen LogP contribution in [0.3, 0.4) is 0 Å². The highest BCUT2D eigenvalue weighted by Crippen LogP contribution is 2.65. The second-order valence-corrected chi connectivity index (χ2v) is 11.8. The summed E-state index contributed by atoms with van der Waals surface area (Å²) in [6.07, 6.45) is 10.0. The first-order valence-corrected chi connectivity index (χ1v) is 12.6. The summed E-state index contributed by atoms with van der Waals surface area (Å²) in [5.41, 5.74) is -0.0598. The molecule has 178 valence electrons. The van der Waals surface area contributed by atoms with Crippen molar-refractivity contribution in [1.29, 1.82) is 0 Å². The highest BCUT2D eigenvalue weighted by Gasteiger charge is 2.61. The van der Waals surface area contributed by atoms with Crippen LogP contribution in [0, 0.1) is 34.5 Å². The third-order valence-corrected chi connectivity index (χ3v) is 9.37. The van der Waals surface area contributed by atoms with Gasteiger partial charge in [-0.05, 0) is 95.5 Å². The molecule has 7 atom stereocenters. The standard InChI is InChI=1S/C26H41N3O3/c1-15(2)27-24(32)29(16(3)4)23(31)20-9-8-18-17-7-10-21-26(6,14-12-22(30)28-21)19(17)11-13-25(18,20)5/h12,14-21H,7-11,13H2,1-6H3,(H,27,32)(H,28,30)/t17?,18?,19?,20-,21?,25+,26-/m1/s1. The molecule has 0 radical (unpaired) electrons. The number of carbonyl (C=O) groups excluding carboxylic acids is 3. The molecule has 0 bridgehead atoms. The molecule has 4 rings (SSSR count). The topological polar surface area (TPSA) is 78.5 Å². The van der Waals surface area contributed by atoms with Gasteiger partial charge in [-0.25, -0.2) is 4.79 Å². The Morgan fingerprint density at radius 3 is 2.44 bits per heavy atom. The van der Waals surface area contributed by atoms with E-state index in [0.717, 1.165) is 38.5 Å². The largest absolute Gasteiger partial charge is 0.349 e. The smallest absolute Gasteiger partial charge is 0.324 e. The van der Waals surface area contributed by atoms with Gasteiger partial charge in [0.05, 0.1) is 0 Å². The van der Waals surface area contributed by atoms with Crippen molar-refractivity contribution < 1.29 is 14.4 Å². The van der Waals surface area contributed by atoms with Gasteiger partial charge in [0, 0.05) is 29.5 Å². The lowest BCUT2D eigenvalue weighted by atomic mass is 9.48. The van der Waals surface area contributed by atoms with Crippen LogP contribution in [0.15, 0.2) is 12.2 Å². The Kier molecular flexibility index (Phi) is 5.96. The minimum absolute atomic E-state index is 0.00105. The first-order chi connectivity index (χ1) is 15.0. The van der Waals surface area contributed by atoms with E-state index in [1.807, 2.05) is 27.7 Å². The Balaban J connectivity index is 1.57. The number of rotatable bonds is 3. The van der Waals surface area contributed by atoms with Gasteiger partial charge in [0.2, 0.25) is 11.8 Å². The highest BCUT2D eigenvalue weighted by atomic mass is 16.2. The molecule has 1 aliphatic heterocycles. The lowest BCUT2D eigenvalue weighted by molar-refractivity contribution is -0.142. The summed E-state index contributed by atoms with van der Waals surface area (Å²) in [5, 5.41) is 6.13. The van der Waals surface area contributed by atoms with Gasteiger partial charge in [-0.2, -0.15) is 0 Å². The number of carbonyl (C=O) groups is 3. The monoisotopic (exact) mass is 443 g/mol. The van der Waals surface area contributed by atoms with Gasteiger partial charge in [0.25, 0.3) is 0 Å². The van der Waals surface area contributed by atoms with Gasteiger partial charge >= 0.3 is 6.03 Å². The molecule has 0 aromatic carbocycles. The number of hydrogen-bond donors (Lipinski definition) is 2. The minimum Gasteiger partial charge on any atom is -0.349 e. The van der Waals surface area contributed by atoms with Crippen LogP contribution in [0.2, 0.25) is 0 Å². The quantitative estimate of drug-likeness (QED) is 0.684. The number of amides is 4. The average molecular weight is 444 g/mol. The van der Waals surface area contributed by atoms with E-state index in [4.69, 9.17) is 0 Å². The second-order valence-electron chi connectivity index (χ2n) is 11.8. The summed E-state index contributed by atoms with van der Waals surface area (Å²) in [4.78, 5) is 40.0. The van der Waals surface area contributed by atoms with Crippen LogP contribution in [-0.4, -0.2) is 40.9 Å². The van der Waals surface area contributed by atoms with E-state index in [0.29, 0.717) is 17.8 Å². The van der Waals surface area contributed by atoms with Crippen molar-refractivity contribution in [3.05, 3.63) is 12.2 Å². The van der Waals surface area contributed by atoms with E-state index >= 15 is 0 Å². The zero-order valence-electron chi connectivity index (χ0n) is 20.6. The van der Waals surface area contributed by atoms with Crippen molar-refractivity contribution in [2.24, 2.45) is 34.5 Å². The number of fused-ring (bicyclic) bond motifs is 5. The predicted molar refractivity (Wildman–Crippen MR) is 125 cm³/mol. The van der Waals surface area contributed by atoms with E-state index in [2.05, 4.69) is 30.6 Å². The molecule has 4 aliphatic rings. The molecule has 6 heteroatoms. The predicted octanol–water partition coefficient (Wildman–Crippen LogP) is 4.25. The first kappa shape index (κ1) is 23.3. The fraction of sp³-hybridized carbons (Fsp3) is 0.808. The Hall–Kier alpha value is -1.85. The Morgan fingerprint density at radius 1 is 1.06 bits per heavy atom. The molecule has 0 saturated heterocycles. The molecule has 0 spiro atoms. The Bertz CT molecular complexity index is 821. The van der Waals surface area contributed by atoms with Crippen molar-refractivity contribution in [2.45, 2.75) is 98.2 Å². The molecule has 2 N–H and O–H groups in total. The van der Waals surface area contributed by atoms with Crippen molar-refractivity contribution in [3.8, 4) is 0 Å². The van der Waals surface area contributed by atoms with Crippen LogP contribution >= 0.6 is 0 Å². The maximum Gasteiger partial charge on any atom is 0.324 e. The third kappa shape index (κ3) is 3.58. The lowest BCUT2D eigenvalue weighted by Crippen LogP contribution is -2.60. The summed E-state index contributed by atoms with van der Waals surface area (Å²) in [7, 11) is 0. The van der Waals surface area contributed by atoms with Crippen LogP contribution in [0.5, 0.6) is 0 Å². The molecule has 32 heavy (non-hydrogen) atoms. The molecule has 4 unspecified atom stereocenters. The van der Waals surface area contributed by atoms with Crippen molar-refractivity contribution >= 4 is 17.8 Å². The van der Waals surface area contributed by atoms with E-state index < -0.39 is 0 Å². The Labute approximate surface area is 192 Å². The van der Waals surface area contributed by atoms with Gasteiger partial charge in [0.1, 0.15) is 0 Å². The molecule has 6 nitrogen and oxygen atoms in total. The van der Waals surface area contributed by atoms with E-state index in [9.17, 15) is 14.4 Å². The minimum atomic E-state index is -0.267. The first-order valence-electron chi connectivity index (χ1n) is 12.6.